The molecule has 1 heterocycles. The lowest BCUT2D eigenvalue weighted by atomic mass is 10.0. The number of hydrogen-bond acceptors (Lipinski definition) is 11. The van der Waals surface area contributed by atoms with E-state index in [1.807, 2.05) is 0 Å². The van der Waals surface area contributed by atoms with Crippen molar-refractivity contribution in [3.63, 3.8) is 0 Å². The van der Waals surface area contributed by atoms with Gasteiger partial charge in [-0.1, -0.05) is 0 Å². The van der Waals surface area contributed by atoms with Crippen molar-refractivity contribution < 1.29 is 58.7 Å². The van der Waals surface area contributed by atoms with Crippen molar-refractivity contribution in [2.24, 2.45) is 0 Å². The van der Waals surface area contributed by atoms with E-state index in [-0.39, 0.29) is 23.1 Å². The molecule has 0 aromatic carbocycles. The van der Waals surface area contributed by atoms with Crippen molar-refractivity contribution in [3.05, 3.63) is 23.0 Å². The first kappa shape index (κ1) is 24.2. The van der Waals surface area contributed by atoms with Gasteiger partial charge in [-0.3, -0.25) is 14.3 Å². The second-order valence-electron chi connectivity index (χ2n) is 5.59. The molecule has 7 N–H and O–H groups in total. The lowest BCUT2D eigenvalue weighted by Gasteiger charge is -2.24. The van der Waals surface area contributed by atoms with E-state index in [4.69, 9.17) is 19.6 Å². The molecule has 13 nitrogen and oxygen atoms in total. The maximum absolute atomic E-state index is 12.0. The number of hydrogen-bond donors (Lipinski definition) is 7. The van der Waals surface area contributed by atoms with Crippen LogP contribution in [0.1, 0.15) is 21.6 Å². The molecule has 0 amide bonds. The highest BCUT2D eigenvalue weighted by molar-refractivity contribution is 7.46. The number of carbonyl (C=O) groups is 2. The number of aldehydes is 1. The Kier molecular flexibility index (Phi) is 8.75. The second kappa shape index (κ2) is 10.1. The molecule has 0 aliphatic rings. The van der Waals surface area contributed by atoms with Gasteiger partial charge in [0.15, 0.2) is 18.1 Å². The van der Waals surface area contributed by atoms with Crippen molar-refractivity contribution in [2.45, 2.75) is 37.9 Å². The Morgan fingerprint density at radius 2 is 1.86 bits per heavy atom. The summed E-state index contributed by atoms with van der Waals surface area (Å²) in [5.41, 5.74) is -0.516. The van der Waals surface area contributed by atoms with Crippen LogP contribution in [-0.4, -0.2) is 83.6 Å². The quantitative estimate of drug-likeness (QED) is 0.114. The molecule has 0 fully saturated rings. The number of aryl methyl sites for hydroxylation is 1. The summed E-state index contributed by atoms with van der Waals surface area (Å²) in [6, 6.07) is 0. The number of aliphatic hydroxyl groups is 5. The molecule has 0 aliphatic heterocycles. The number of esters is 1. The van der Waals surface area contributed by atoms with E-state index in [9.17, 15) is 34.6 Å². The van der Waals surface area contributed by atoms with Crippen LogP contribution >= 0.6 is 7.82 Å². The SMILES string of the molecule is Cc1ncc(COP(=O)(O)O)c(C=O)c1OC(=O)[C@H](O)[C@@H](O)[C@H](O)[C@H](O)CO. The van der Waals surface area contributed by atoms with Crippen LogP contribution in [0.25, 0.3) is 0 Å². The van der Waals surface area contributed by atoms with Crippen LogP contribution in [0.4, 0.5) is 0 Å². The van der Waals surface area contributed by atoms with Crippen molar-refractivity contribution in [2.75, 3.05) is 6.61 Å². The summed E-state index contributed by atoms with van der Waals surface area (Å²) in [6.07, 6.45) is -7.28. The second-order valence-corrected chi connectivity index (χ2v) is 6.83. The Morgan fingerprint density at radius 1 is 1.25 bits per heavy atom. The highest BCUT2D eigenvalue weighted by Gasteiger charge is 2.36. The van der Waals surface area contributed by atoms with Gasteiger partial charge in [0.05, 0.1) is 24.5 Å². The minimum absolute atomic E-state index is 0.0204. The molecule has 0 spiro atoms. The average Bonchev–Trinajstić information content (AvgIpc) is 2.64. The third-order valence-corrected chi connectivity index (χ3v) is 4.00. The zero-order valence-electron chi connectivity index (χ0n) is 14.4. The summed E-state index contributed by atoms with van der Waals surface area (Å²) in [7, 11) is -4.86. The van der Waals surface area contributed by atoms with Crippen molar-refractivity contribution in [1.82, 2.24) is 4.98 Å². The van der Waals surface area contributed by atoms with E-state index < -0.39 is 57.2 Å². The van der Waals surface area contributed by atoms with Gasteiger partial charge in [-0.15, -0.1) is 0 Å². The van der Waals surface area contributed by atoms with Crippen LogP contribution in [0.15, 0.2) is 6.20 Å². The van der Waals surface area contributed by atoms with Crippen molar-refractivity contribution in [3.8, 4) is 5.75 Å². The van der Waals surface area contributed by atoms with Crippen molar-refractivity contribution in [1.29, 1.82) is 0 Å². The molecule has 1 aromatic rings. The van der Waals surface area contributed by atoms with E-state index in [0.29, 0.717) is 0 Å². The Bertz CT molecular complexity index is 750. The third-order valence-electron chi connectivity index (χ3n) is 3.54. The van der Waals surface area contributed by atoms with Gasteiger partial charge in [-0.25, -0.2) is 9.36 Å². The maximum Gasteiger partial charge on any atom is 0.469 e. The number of nitrogens with zero attached hydrogens (tertiary/aromatic N) is 1. The number of phosphoric acid groups is 1. The molecule has 158 valence electrons. The highest BCUT2D eigenvalue weighted by Crippen LogP contribution is 2.38. The van der Waals surface area contributed by atoms with Crippen LogP contribution in [0.2, 0.25) is 0 Å². The lowest BCUT2D eigenvalue weighted by Crippen LogP contribution is -2.49. The number of rotatable bonds is 10. The predicted octanol–water partition coefficient (Wildman–Crippen LogP) is -2.85. The van der Waals surface area contributed by atoms with Gasteiger partial charge < -0.3 is 40.1 Å². The highest BCUT2D eigenvalue weighted by atomic mass is 31.2. The van der Waals surface area contributed by atoms with Crippen LogP contribution in [-0.2, 0) is 20.5 Å². The largest absolute Gasteiger partial charge is 0.469 e. The molecular formula is C14H20NO12P. The fourth-order valence-corrected chi connectivity index (χ4v) is 2.30. The van der Waals surface area contributed by atoms with Crippen LogP contribution in [0, 0.1) is 6.92 Å². The van der Waals surface area contributed by atoms with Crippen LogP contribution in [0.3, 0.4) is 0 Å². The summed E-state index contributed by atoms with van der Waals surface area (Å²) in [6.45, 7) is -0.390. The average molecular weight is 425 g/mol. The molecule has 4 atom stereocenters. The predicted molar refractivity (Wildman–Crippen MR) is 87.9 cm³/mol. The molecule has 1 rings (SSSR count). The van der Waals surface area contributed by atoms with Gasteiger partial charge in [-0.2, -0.15) is 0 Å². The van der Waals surface area contributed by atoms with E-state index in [1.54, 1.807) is 0 Å². The summed E-state index contributed by atoms with van der Waals surface area (Å²) < 4.78 is 19.9. The molecule has 0 radical (unpaired) electrons. The molecular weight excluding hydrogens is 405 g/mol. The van der Waals surface area contributed by atoms with Crippen LogP contribution < -0.4 is 4.74 Å². The first-order chi connectivity index (χ1) is 12.9. The number of carbonyl (C=O) groups excluding carboxylic acids is 2. The minimum atomic E-state index is -4.86. The standard InChI is InChI=1S/C14H20NO12P/c1-6-13(8(3-16)7(2-15-6)5-26-28(23,24)25)27-14(22)12(21)11(20)10(19)9(18)4-17/h2-3,9-12,17-21H,4-5H2,1H3,(H2,23,24,25)/t9-,10-,11+,12-/m1/s1. The third kappa shape index (κ3) is 6.38. The monoisotopic (exact) mass is 425 g/mol. The number of phosphoric ester groups is 1. The fourth-order valence-electron chi connectivity index (χ4n) is 1.99. The molecule has 0 bridgehead atoms. The summed E-state index contributed by atoms with van der Waals surface area (Å²) >= 11 is 0. The lowest BCUT2D eigenvalue weighted by molar-refractivity contribution is -0.161. The van der Waals surface area contributed by atoms with Crippen molar-refractivity contribution >= 4 is 20.1 Å². The number of aromatic nitrogens is 1. The van der Waals surface area contributed by atoms with Gasteiger partial charge in [0.1, 0.15) is 18.3 Å². The van der Waals surface area contributed by atoms with E-state index in [0.717, 1.165) is 6.20 Å². The topological polar surface area (TPSA) is 224 Å². The number of ether oxygens (including phenoxy) is 1. The number of aliphatic hydroxyl groups excluding tert-OH is 5. The Labute approximate surface area is 158 Å². The van der Waals surface area contributed by atoms with Gasteiger partial charge in [0, 0.05) is 11.8 Å². The Balaban J connectivity index is 3.08. The Morgan fingerprint density at radius 3 is 2.36 bits per heavy atom. The van der Waals surface area contributed by atoms with E-state index in [1.165, 1.54) is 6.92 Å². The smallest absolute Gasteiger partial charge is 0.422 e. The summed E-state index contributed by atoms with van der Waals surface area (Å²) in [4.78, 5) is 44.7. The zero-order chi connectivity index (χ0) is 21.6. The molecule has 0 saturated carbocycles. The normalized spacial score (nSPS) is 16.1. The van der Waals surface area contributed by atoms with Crippen LogP contribution in [0.5, 0.6) is 5.75 Å². The molecule has 0 unspecified atom stereocenters. The fraction of sp³-hybridized carbons (Fsp3) is 0.500. The van der Waals surface area contributed by atoms with E-state index >= 15 is 0 Å². The molecule has 0 aliphatic carbocycles. The summed E-state index contributed by atoms with van der Waals surface area (Å²) in [5.74, 6) is -2.01. The summed E-state index contributed by atoms with van der Waals surface area (Å²) in [5, 5.41) is 47.0. The zero-order valence-corrected chi connectivity index (χ0v) is 15.3. The molecule has 28 heavy (non-hydrogen) atoms. The molecule has 14 heteroatoms. The van der Waals surface area contributed by atoms with Gasteiger partial charge in [-0.05, 0) is 6.92 Å². The molecule has 0 saturated heterocycles. The minimum Gasteiger partial charge on any atom is -0.422 e. The number of pyridine rings is 1. The van der Waals surface area contributed by atoms with Gasteiger partial charge in [0.2, 0.25) is 0 Å². The van der Waals surface area contributed by atoms with Gasteiger partial charge >= 0.3 is 13.8 Å². The van der Waals surface area contributed by atoms with Gasteiger partial charge in [0.25, 0.3) is 0 Å². The van der Waals surface area contributed by atoms with E-state index in [2.05, 4.69) is 9.51 Å². The first-order valence-electron chi connectivity index (χ1n) is 7.61. The molecule has 1 aromatic heterocycles. The Hall–Kier alpha value is -1.80. The maximum atomic E-state index is 12.0. The first-order valence-corrected chi connectivity index (χ1v) is 9.14.